The first-order valence-electron chi connectivity index (χ1n) is 6.49. The molecule has 2 unspecified atom stereocenters. The van der Waals surface area contributed by atoms with Crippen molar-refractivity contribution in [3.8, 4) is 11.8 Å². The number of nitrogens with zero attached hydrogens (tertiary/aromatic N) is 2. The first kappa shape index (κ1) is 16.3. The fraction of sp³-hybridized carbons (Fsp3) is 0.615. The van der Waals surface area contributed by atoms with Crippen LogP contribution < -0.4 is 9.47 Å². The highest BCUT2D eigenvalue weighted by Crippen LogP contribution is 2.49. The minimum Gasteiger partial charge on any atom is -0.479 e. The van der Waals surface area contributed by atoms with Crippen LogP contribution in [0.15, 0.2) is 0 Å². The third-order valence-corrected chi connectivity index (χ3v) is 3.77. The van der Waals surface area contributed by atoms with Crippen LogP contribution in [0.4, 0.5) is 8.78 Å². The Hall–Kier alpha value is -2.03. The summed E-state index contributed by atoms with van der Waals surface area (Å²) in [5.74, 6) is -3.76. The predicted molar refractivity (Wildman–Crippen MR) is 68.7 cm³/mol. The van der Waals surface area contributed by atoms with E-state index in [1.165, 1.54) is 0 Å². The maximum Gasteiger partial charge on any atom is 0.347 e. The maximum atomic E-state index is 15.0. The molecule has 1 heterocycles. The second-order valence-corrected chi connectivity index (χ2v) is 4.89. The largest absolute Gasteiger partial charge is 0.479 e. The molecule has 0 amide bonds. The average Bonchev–Trinajstić information content (AvgIpc) is 2.84. The zero-order chi connectivity index (χ0) is 16.5. The molecule has 2 atom stereocenters. The molecule has 0 bridgehead atoms. The molecule has 0 spiro atoms. The molecule has 1 N–H and O–H groups in total. The van der Waals surface area contributed by atoms with Gasteiger partial charge >= 0.3 is 5.97 Å². The zero-order valence-electron chi connectivity index (χ0n) is 12.4. The van der Waals surface area contributed by atoms with E-state index in [1.54, 1.807) is 0 Å². The molecule has 1 aromatic heterocycles. The van der Waals surface area contributed by atoms with Crippen LogP contribution in [-0.2, 0) is 15.1 Å². The van der Waals surface area contributed by atoms with Crippen LogP contribution in [0.25, 0.3) is 0 Å². The third kappa shape index (κ3) is 2.16. The van der Waals surface area contributed by atoms with Crippen LogP contribution in [0.3, 0.4) is 0 Å². The summed E-state index contributed by atoms with van der Waals surface area (Å²) >= 11 is 0. The molecule has 0 aromatic carbocycles. The Labute approximate surface area is 125 Å². The van der Waals surface area contributed by atoms with Gasteiger partial charge in [0.05, 0.1) is 21.3 Å². The summed E-state index contributed by atoms with van der Waals surface area (Å²) in [7, 11) is 3.31. The number of hydrogen-bond donors (Lipinski definition) is 1. The van der Waals surface area contributed by atoms with Gasteiger partial charge in [-0.05, 0) is 19.3 Å². The van der Waals surface area contributed by atoms with Crippen LogP contribution in [0.2, 0.25) is 0 Å². The summed E-state index contributed by atoms with van der Waals surface area (Å²) in [6.07, 6.45) is -0.189. The molecule has 1 aromatic rings. The average molecular weight is 318 g/mol. The summed E-state index contributed by atoms with van der Waals surface area (Å²) in [5, 5.41) is 10.7. The van der Waals surface area contributed by atoms with Crippen molar-refractivity contribution in [3.63, 3.8) is 0 Å². The van der Waals surface area contributed by atoms with Crippen LogP contribution in [-0.4, -0.2) is 48.0 Å². The fourth-order valence-corrected chi connectivity index (χ4v) is 2.58. The number of carbonyl (C=O) groups is 1. The van der Waals surface area contributed by atoms with Gasteiger partial charge in [-0.25, -0.2) is 9.18 Å². The number of rotatable bonds is 4. The predicted octanol–water partition coefficient (Wildman–Crippen LogP) is 0.886. The number of carbonyl (C=O) groups excluding carboxylic acids is 1. The SMILES string of the molecule is COC(=O)C1(F)CCCC1(O)c1nc(OC)c(F)c(OC)n1. The molecule has 0 aliphatic heterocycles. The number of halogens is 2. The van der Waals surface area contributed by atoms with Gasteiger partial charge < -0.3 is 19.3 Å². The van der Waals surface area contributed by atoms with E-state index in [0.29, 0.717) is 0 Å². The Bertz CT molecular complexity index is 575. The molecule has 1 aliphatic rings. The zero-order valence-corrected chi connectivity index (χ0v) is 12.4. The molecule has 1 fully saturated rings. The molecule has 0 radical (unpaired) electrons. The monoisotopic (exact) mass is 318 g/mol. The van der Waals surface area contributed by atoms with Gasteiger partial charge in [0.1, 0.15) is 0 Å². The Morgan fingerprint density at radius 3 is 2.18 bits per heavy atom. The number of hydrogen-bond acceptors (Lipinski definition) is 7. The normalized spacial score (nSPS) is 27.5. The maximum absolute atomic E-state index is 15.0. The highest BCUT2D eigenvalue weighted by molar-refractivity contribution is 5.81. The van der Waals surface area contributed by atoms with E-state index >= 15 is 4.39 Å². The Kier molecular flexibility index (Phi) is 4.19. The van der Waals surface area contributed by atoms with E-state index in [-0.39, 0.29) is 19.3 Å². The van der Waals surface area contributed by atoms with Crippen molar-refractivity contribution in [2.75, 3.05) is 21.3 Å². The number of methoxy groups -OCH3 is 3. The van der Waals surface area contributed by atoms with Crippen LogP contribution in [0.1, 0.15) is 25.1 Å². The smallest absolute Gasteiger partial charge is 0.347 e. The van der Waals surface area contributed by atoms with E-state index < -0.39 is 40.6 Å². The first-order chi connectivity index (χ1) is 10.3. The molecule has 122 valence electrons. The molecular weight excluding hydrogens is 302 g/mol. The van der Waals surface area contributed by atoms with E-state index in [4.69, 9.17) is 9.47 Å². The van der Waals surface area contributed by atoms with Gasteiger partial charge in [0, 0.05) is 0 Å². The van der Waals surface area contributed by atoms with E-state index in [0.717, 1.165) is 21.3 Å². The van der Waals surface area contributed by atoms with Gasteiger partial charge in [-0.3, -0.25) is 0 Å². The van der Waals surface area contributed by atoms with Crippen LogP contribution >= 0.6 is 0 Å². The summed E-state index contributed by atoms with van der Waals surface area (Å²) in [6, 6.07) is 0. The topological polar surface area (TPSA) is 90.8 Å². The Morgan fingerprint density at radius 1 is 1.18 bits per heavy atom. The van der Waals surface area contributed by atoms with E-state index in [2.05, 4.69) is 14.7 Å². The van der Waals surface area contributed by atoms with Crippen molar-refractivity contribution in [1.29, 1.82) is 0 Å². The van der Waals surface area contributed by atoms with Crippen molar-refractivity contribution in [1.82, 2.24) is 9.97 Å². The van der Waals surface area contributed by atoms with Crippen LogP contribution in [0, 0.1) is 5.82 Å². The van der Waals surface area contributed by atoms with Crippen molar-refractivity contribution in [2.24, 2.45) is 0 Å². The van der Waals surface area contributed by atoms with Gasteiger partial charge in [-0.15, -0.1) is 0 Å². The lowest BCUT2D eigenvalue weighted by Crippen LogP contribution is -2.51. The lowest BCUT2D eigenvalue weighted by atomic mass is 9.86. The third-order valence-electron chi connectivity index (χ3n) is 3.77. The molecule has 2 rings (SSSR count). The standard InChI is InChI=1S/C13H16F2N2O5/c1-20-8-7(14)9(21-2)17-10(16-8)13(19)6-4-5-12(13,15)11(18)22-3/h19H,4-6H2,1-3H3. The minimum atomic E-state index is -2.73. The Balaban J connectivity index is 2.60. The van der Waals surface area contributed by atoms with Gasteiger partial charge in [-0.2, -0.15) is 14.4 Å². The van der Waals surface area contributed by atoms with Gasteiger partial charge in [-0.1, -0.05) is 0 Å². The second kappa shape index (κ2) is 5.64. The summed E-state index contributed by atoms with van der Waals surface area (Å²) in [6.45, 7) is 0. The quantitative estimate of drug-likeness (QED) is 0.824. The molecule has 1 saturated carbocycles. The first-order valence-corrected chi connectivity index (χ1v) is 6.49. The van der Waals surface area contributed by atoms with Gasteiger partial charge in [0.25, 0.3) is 11.8 Å². The number of aromatic nitrogens is 2. The fourth-order valence-electron chi connectivity index (χ4n) is 2.58. The van der Waals surface area contributed by atoms with Crippen LogP contribution in [0.5, 0.6) is 11.8 Å². The number of aliphatic hydroxyl groups is 1. The van der Waals surface area contributed by atoms with Crippen molar-refractivity contribution >= 4 is 5.97 Å². The summed E-state index contributed by atoms with van der Waals surface area (Å²) in [4.78, 5) is 19.1. The number of esters is 1. The lowest BCUT2D eigenvalue weighted by Gasteiger charge is -2.32. The molecular formula is C13H16F2N2O5. The minimum absolute atomic E-state index is 0.128. The van der Waals surface area contributed by atoms with Gasteiger partial charge in [0.2, 0.25) is 11.5 Å². The molecule has 9 heteroatoms. The second-order valence-electron chi connectivity index (χ2n) is 4.89. The van der Waals surface area contributed by atoms with E-state index in [9.17, 15) is 14.3 Å². The highest BCUT2D eigenvalue weighted by Gasteiger charge is 2.64. The summed E-state index contributed by atoms with van der Waals surface area (Å²) in [5.41, 5.74) is -5.08. The van der Waals surface area contributed by atoms with Crippen molar-refractivity contribution in [2.45, 2.75) is 30.5 Å². The highest BCUT2D eigenvalue weighted by atomic mass is 19.1. The van der Waals surface area contributed by atoms with Gasteiger partial charge in [0.15, 0.2) is 11.4 Å². The van der Waals surface area contributed by atoms with Crippen molar-refractivity contribution < 1.29 is 32.9 Å². The van der Waals surface area contributed by atoms with E-state index in [1.807, 2.05) is 0 Å². The molecule has 0 saturated heterocycles. The number of ether oxygens (including phenoxy) is 3. The Morgan fingerprint density at radius 2 is 1.73 bits per heavy atom. The molecule has 1 aliphatic carbocycles. The number of alkyl halides is 1. The summed E-state index contributed by atoms with van der Waals surface area (Å²) < 4.78 is 42.8. The molecule has 7 nitrogen and oxygen atoms in total. The lowest BCUT2D eigenvalue weighted by molar-refractivity contribution is -0.175. The van der Waals surface area contributed by atoms with Crippen molar-refractivity contribution in [3.05, 3.63) is 11.6 Å². The molecule has 22 heavy (non-hydrogen) atoms.